The Morgan fingerprint density at radius 3 is 2.13 bits per heavy atom. The van der Waals surface area contributed by atoms with Crippen molar-refractivity contribution in [2.45, 2.75) is 6.92 Å². The summed E-state index contributed by atoms with van der Waals surface area (Å²) in [4.78, 5) is 41.6. The Morgan fingerprint density at radius 1 is 0.900 bits per heavy atom. The first-order valence-corrected chi connectivity index (χ1v) is 9.47. The van der Waals surface area contributed by atoms with E-state index >= 15 is 0 Å². The van der Waals surface area contributed by atoms with Crippen LogP contribution in [0.4, 0.5) is 5.69 Å². The molecule has 0 aliphatic carbocycles. The van der Waals surface area contributed by atoms with Crippen molar-refractivity contribution in [1.29, 1.82) is 0 Å². The lowest BCUT2D eigenvalue weighted by Crippen LogP contribution is -2.44. The summed E-state index contributed by atoms with van der Waals surface area (Å²) in [7, 11) is 1.54. The molecule has 0 bridgehead atoms. The highest BCUT2D eigenvalue weighted by Gasteiger charge is 2.37. The zero-order valence-electron chi connectivity index (χ0n) is 16.7. The summed E-state index contributed by atoms with van der Waals surface area (Å²) in [6.45, 7) is 1.74. The van der Waals surface area contributed by atoms with Gasteiger partial charge in [0, 0.05) is 17.3 Å². The number of aryl methyl sites for hydroxylation is 1. The number of fused-ring (bicyclic) bond motifs is 1. The van der Waals surface area contributed by atoms with Crippen LogP contribution in [0.5, 0.6) is 5.75 Å². The summed E-state index contributed by atoms with van der Waals surface area (Å²) < 4.78 is 5.28. The number of carbonyl (C=O) groups excluding carboxylic acids is 3. The number of benzene rings is 3. The third-order valence-electron chi connectivity index (χ3n) is 5.07. The number of nitrogens with zero attached hydrogens (tertiary/aromatic N) is 2. The van der Waals surface area contributed by atoms with Gasteiger partial charge in [-0.1, -0.05) is 35.9 Å². The Morgan fingerprint density at radius 2 is 1.53 bits per heavy atom. The van der Waals surface area contributed by atoms with Crippen molar-refractivity contribution in [2.24, 2.45) is 0 Å². The van der Waals surface area contributed by atoms with Gasteiger partial charge in [0.2, 0.25) is 0 Å². The van der Waals surface area contributed by atoms with Gasteiger partial charge in [-0.25, -0.2) is 0 Å². The number of imide groups is 1. The van der Waals surface area contributed by atoms with Gasteiger partial charge in [0.1, 0.15) is 12.4 Å². The summed E-state index contributed by atoms with van der Waals surface area (Å²) in [6, 6.07) is 20.8. The van der Waals surface area contributed by atoms with E-state index in [9.17, 15) is 14.4 Å². The third-order valence-corrected chi connectivity index (χ3v) is 5.07. The van der Waals surface area contributed by atoms with Gasteiger partial charge in [0.15, 0.2) is 0 Å². The Kier molecular flexibility index (Phi) is 5.06. The highest BCUT2D eigenvalue weighted by molar-refractivity contribution is 6.22. The van der Waals surface area contributed by atoms with Gasteiger partial charge in [-0.2, -0.15) is 0 Å². The fourth-order valence-corrected chi connectivity index (χ4v) is 3.40. The molecule has 0 fully saturated rings. The van der Waals surface area contributed by atoms with Crippen LogP contribution >= 0.6 is 0 Å². The van der Waals surface area contributed by atoms with Crippen LogP contribution in [0, 0.1) is 6.92 Å². The van der Waals surface area contributed by atoms with Crippen LogP contribution in [-0.2, 0) is 0 Å². The van der Waals surface area contributed by atoms with Gasteiger partial charge in [0.25, 0.3) is 17.7 Å². The Balaban J connectivity index is 1.72. The SMILES string of the molecule is COc1cccc(N(CN2C(=O)c3ccccc3C2=O)C(=O)c2ccc(C)cc2)c1. The Bertz CT molecular complexity index is 1100. The molecule has 0 radical (unpaired) electrons. The second-order valence-electron chi connectivity index (χ2n) is 7.03. The second kappa shape index (κ2) is 7.83. The predicted molar refractivity (Wildman–Crippen MR) is 113 cm³/mol. The van der Waals surface area contributed by atoms with Gasteiger partial charge >= 0.3 is 0 Å². The molecule has 0 spiro atoms. The van der Waals surface area contributed by atoms with Crippen LogP contribution in [0.2, 0.25) is 0 Å². The van der Waals surface area contributed by atoms with Gasteiger partial charge in [-0.05, 0) is 43.3 Å². The first kappa shape index (κ1) is 19.4. The van der Waals surface area contributed by atoms with Gasteiger partial charge in [-0.15, -0.1) is 0 Å². The summed E-state index contributed by atoms with van der Waals surface area (Å²) in [5.74, 6) is -0.586. The van der Waals surface area contributed by atoms with Crippen LogP contribution in [-0.4, -0.2) is 36.4 Å². The summed E-state index contributed by atoms with van der Waals surface area (Å²) >= 11 is 0. The zero-order chi connectivity index (χ0) is 21.3. The van der Waals surface area contributed by atoms with E-state index in [0.717, 1.165) is 10.5 Å². The molecule has 150 valence electrons. The lowest BCUT2D eigenvalue weighted by molar-refractivity contribution is 0.0650. The third kappa shape index (κ3) is 3.43. The number of carbonyl (C=O) groups is 3. The molecule has 3 aromatic carbocycles. The van der Waals surface area contributed by atoms with Crippen molar-refractivity contribution in [2.75, 3.05) is 18.7 Å². The maximum Gasteiger partial charge on any atom is 0.263 e. The minimum absolute atomic E-state index is 0.202. The molecule has 3 amide bonds. The average Bonchev–Trinajstić information content (AvgIpc) is 3.02. The lowest BCUT2D eigenvalue weighted by atomic mass is 10.1. The fourth-order valence-electron chi connectivity index (χ4n) is 3.40. The zero-order valence-corrected chi connectivity index (χ0v) is 16.7. The van der Waals surface area contributed by atoms with Crippen LogP contribution < -0.4 is 9.64 Å². The van der Waals surface area contributed by atoms with Crippen LogP contribution in [0.3, 0.4) is 0 Å². The second-order valence-corrected chi connectivity index (χ2v) is 7.03. The average molecular weight is 400 g/mol. The number of hydrogen-bond donors (Lipinski definition) is 0. The number of amides is 3. The minimum Gasteiger partial charge on any atom is -0.497 e. The van der Waals surface area contributed by atoms with E-state index in [-0.39, 0.29) is 12.6 Å². The van der Waals surface area contributed by atoms with E-state index in [2.05, 4.69) is 0 Å². The van der Waals surface area contributed by atoms with Gasteiger partial charge < -0.3 is 4.74 Å². The molecule has 6 nitrogen and oxygen atoms in total. The van der Waals surface area contributed by atoms with Crippen LogP contribution in [0.15, 0.2) is 72.8 Å². The molecule has 1 heterocycles. The number of hydrogen-bond acceptors (Lipinski definition) is 4. The molecule has 0 N–H and O–H groups in total. The Hall–Kier alpha value is -3.93. The van der Waals surface area contributed by atoms with Crippen LogP contribution in [0.1, 0.15) is 36.6 Å². The minimum atomic E-state index is -0.416. The molecule has 0 saturated heterocycles. The molecule has 0 aromatic heterocycles. The van der Waals surface area contributed by atoms with E-state index in [1.54, 1.807) is 60.7 Å². The van der Waals surface area contributed by atoms with Gasteiger partial charge in [-0.3, -0.25) is 24.2 Å². The van der Waals surface area contributed by atoms with E-state index in [1.807, 2.05) is 19.1 Å². The quantitative estimate of drug-likeness (QED) is 0.609. The summed E-state index contributed by atoms with van der Waals surface area (Å²) in [6.07, 6.45) is 0. The summed E-state index contributed by atoms with van der Waals surface area (Å²) in [5, 5.41) is 0. The first-order chi connectivity index (χ1) is 14.5. The first-order valence-electron chi connectivity index (χ1n) is 9.47. The molecule has 30 heavy (non-hydrogen) atoms. The standard InChI is InChI=1S/C24H20N2O4/c1-16-10-12-17(13-11-16)22(27)25(18-6-5-7-19(14-18)30-2)15-26-23(28)20-8-3-4-9-21(20)24(26)29/h3-14H,15H2,1-2H3. The maximum atomic E-state index is 13.4. The van der Waals surface area contributed by atoms with Gasteiger partial charge in [0.05, 0.1) is 18.2 Å². The van der Waals surface area contributed by atoms with E-state index in [0.29, 0.717) is 28.1 Å². The molecule has 1 aliphatic rings. The fraction of sp³-hybridized carbons (Fsp3) is 0.125. The number of rotatable bonds is 5. The predicted octanol–water partition coefficient (Wildman–Crippen LogP) is 3.90. The molecule has 4 rings (SSSR count). The highest BCUT2D eigenvalue weighted by atomic mass is 16.5. The molecular weight excluding hydrogens is 380 g/mol. The number of methoxy groups -OCH3 is 1. The highest BCUT2D eigenvalue weighted by Crippen LogP contribution is 2.27. The monoisotopic (exact) mass is 400 g/mol. The largest absolute Gasteiger partial charge is 0.497 e. The Labute approximate surface area is 174 Å². The van der Waals surface area contributed by atoms with Crippen molar-refractivity contribution < 1.29 is 19.1 Å². The topological polar surface area (TPSA) is 66.9 Å². The van der Waals surface area contributed by atoms with Crippen molar-refractivity contribution in [3.05, 3.63) is 95.1 Å². The molecule has 0 saturated carbocycles. The normalized spacial score (nSPS) is 12.7. The van der Waals surface area contributed by atoms with Crippen molar-refractivity contribution in [3.63, 3.8) is 0 Å². The summed E-state index contributed by atoms with van der Waals surface area (Å²) in [5.41, 5.74) is 2.70. The molecule has 6 heteroatoms. The molecular formula is C24H20N2O4. The van der Waals surface area contributed by atoms with E-state index < -0.39 is 11.8 Å². The molecule has 0 atom stereocenters. The van der Waals surface area contributed by atoms with Crippen molar-refractivity contribution in [1.82, 2.24) is 4.90 Å². The number of ether oxygens (including phenoxy) is 1. The van der Waals surface area contributed by atoms with Crippen molar-refractivity contribution >= 4 is 23.4 Å². The van der Waals surface area contributed by atoms with Crippen molar-refractivity contribution in [3.8, 4) is 5.75 Å². The molecule has 0 unspecified atom stereocenters. The van der Waals surface area contributed by atoms with Crippen LogP contribution in [0.25, 0.3) is 0 Å². The smallest absolute Gasteiger partial charge is 0.263 e. The lowest BCUT2D eigenvalue weighted by Gasteiger charge is -2.27. The van der Waals surface area contributed by atoms with E-state index in [4.69, 9.17) is 4.74 Å². The molecule has 3 aromatic rings. The maximum absolute atomic E-state index is 13.4. The molecule has 1 aliphatic heterocycles. The number of anilines is 1. The van der Waals surface area contributed by atoms with E-state index in [1.165, 1.54) is 12.0 Å².